The van der Waals surface area contributed by atoms with Crippen LogP contribution in [-0.4, -0.2) is 49.1 Å². The third-order valence-electron chi connectivity index (χ3n) is 7.17. The van der Waals surface area contributed by atoms with Gasteiger partial charge in [0.15, 0.2) is 0 Å². The Balaban J connectivity index is 1.39. The molecule has 2 aliphatic heterocycles. The largest absolute Gasteiger partial charge is 0.381 e. The summed E-state index contributed by atoms with van der Waals surface area (Å²) >= 11 is 0. The van der Waals surface area contributed by atoms with Gasteiger partial charge in [0.05, 0.1) is 30.4 Å². The van der Waals surface area contributed by atoms with Crippen molar-refractivity contribution in [1.29, 1.82) is 0 Å². The predicted molar refractivity (Wildman–Crippen MR) is 135 cm³/mol. The lowest BCUT2D eigenvalue weighted by molar-refractivity contribution is 0.0685. The number of benzene rings is 3. The minimum Gasteiger partial charge on any atom is -0.381 e. The standard InChI is InChI=1S/C28H29N3O3/c32-28-26-18-21(17-20-5-7-22(8-6-20)30-11-15-34-16-12-30)24-3-1-2-4-25(24)27(26)29-19-31(28)23-9-13-33-14-10-23/h1-8,18-19,23H,9-17H2. The van der Waals surface area contributed by atoms with Gasteiger partial charge in [0, 0.05) is 43.4 Å². The molecule has 2 aliphatic rings. The fourth-order valence-corrected chi connectivity index (χ4v) is 5.28. The first-order valence-electron chi connectivity index (χ1n) is 12.2. The van der Waals surface area contributed by atoms with Gasteiger partial charge >= 0.3 is 0 Å². The molecule has 6 nitrogen and oxygen atoms in total. The Labute approximate surface area is 198 Å². The quantitative estimate of drug-likeness (QED) is 0.429. The van der Waals surface area contributed by atoms with E-state index in [0.717, 1.165) is 67.4 Å². The van der Waals surface area contributed by atoms with Crippen LogP contribution < -0.4 is 10.5 Å². The normalized spacial score (nSPS) is 17.5. The van der Waals surface area contributed by atoms with Crippen LogP contribution in [0.1, 0.15) is 30.0 Å². The van der Waals surface area contributed by atoms with E-state index >= 15 is 0 Å². The van der Waals surface area contributed by atoms with Crippen molar-refractivity contribution in [3.05, 3.63) is 82.4 Å². The van der Waals surface area contributed by atoms with Crippen LogP contribution in [0.25, 0.3) is 21.7 Å². The van der Waals surface area contributed by atoms with E-state index in [1.165, 1.54) is 11.3 Å². The summed E-state index contributed by atoms with van der Waals surface area (Å²) in [4.78, 5) is 20.7. The average molecular weight is 456 g/mol. The second kappa shape index (κ2) is 9.20. The summed E-state index contributed by atoms with van der Waals surface area (Å²) in [6, 6.07) is 19.3. The lowest BCUT2D eigenvalue weighted by atomic mass is 9.95. The molecule has 2 fully saturated rings. The molecule has 34 heavy (non-hydrogen) atoms. The number of hydrogen-bond donors (Lipinski definition) is 0. The number of aromatic nitrogens is 2. The van der Waals surface area contributed by atoms with Gasteiger partial charge in [0.2, 0.25) is 0 Å². The van der Waals surface area contributed by atoms with Gasteiger partial charge in [0.25, 0.3) is 5.56 Å². The molecule has 0 atom stereocenters. The van der Waals surface area contributed by atoms with E-state index in [0.29, 0.717) is 18.6 Å². The Morgan fingerprint density at radius 3 is 2.32 bits per heavy atom. The van der Waals surface area contributed by atoms with E-state index in [1.54, 1.807) is 6.33 Å². The molecule has 174 valence electrons. The number of morpholine rings is 1. The highest BCUT2D eigenvalue weighted by Gasteiger charge is 2.19. The van der Waals surface area contributed by atoms with Gasteiger partial charge < -0.3 is 14.4 Å². The van der Waals surface area contributed by atoms with E-state index in [2.05, 4.69) is 53.4 Å². The molecular weight excluding hydrogens is 426 g/mol. The molecule has 3 heterocycles. The minimum atomic E-state index is 0.0477. The maximum atomic E-state index is 13.6. The Hall–Kier alpha value is -3.22. The highest BCUT2D eigenvalue weighted by atomic mass is 16.5. The van der Waals surface area contributed by atoms with Crippen LogP contribution in [0.2, 0.25) is 0 Å². The van der Waals surface area contributed by atoms with Crippen molar-refractivity contribution in [3.63, 3.8) is 0 Å². The topological polar surface area (TPSA) is 56.6 Å². The Morgan fingerprint density at radius 2 is 1.56 bits per heavy atom. The van der Waals surface area contributed by atoms with Crippen molar-refractivity contribution in [1.82, 2.24) is 9.55 Å². The van der Waals surface area contributed by atoms with Crippen molar-refractivity contribution in [2.45, 2.75) is 25.3 Å². The van der Waals surface area contributed by atoms with Crippen molar-refractivity contribution in [2.24, 2.45) is 0 Å². The van der Waals surface area contributed by atoms with Crippen LogP contribution in [0.5, 0.6) is 0 Å². The van der Waals surface area contributed by atoms with Gasteiger partial charge in [-0.2, -0.15) is 0 Å². The minimum absolute atomic E-state index is 0.0477. The fraction of sp³-hybridized carbons (Fsp3) is 0.357. The smallest absolute Gasteiger partial charge is 0.261 e. The molecule has 0 bridgehead atoms. The summed E-state index contributed by atoms with van der Waals surface area (Å²) in [6.45, 7) is 4.81. The molecular formula is C28H29N3O3. The van der Waals surface area contributed by atoms with Gasteiger partial charge in [0.1, 0.15) is 0 Å². The number of nitrogens with zero attached hydrogens (tertiary/aromatic N) is 3. The van der Waals surface area contributed by atoms with E-state index in [1.807, 2.05) is 10.6 Å². The van der Waals surface area contributed by atoms with Crippen LogP contribution in [0.3, 0.4) is 0 Å². The zero-order valence-corrected chi connectivity index (χ0v) is 19.3. The lowest BCUT2D eigenvalue weighted by Gasteiger charge is -2.29. The molecule has 0 radical (unpaired) electrons. The molecule has 0 spiro atoms. The monoisotopic (exact) mass is 455 g/mol. The van der Waals surface area contributed by atoms with E-state index < -0.39 is 0 Å². The number of hydrogen-bond acceptors (Lipinski definition) is 5. The van der Waals surface area contributed by atoms with Gasteiger partial charge in [-0.1, -0.05) is 36.4 Å². The summed E-state index contributed by atoms with van der Waals surface area (Å²) in [6.07, 6.45) is 4.20. The lowest BCUT2D eigenvalue weighted by Crippen LogP contribution is -2.36. The molecule has 0 unspecified atom stereocenters. The second-order valence-electron chi connectivity index (χ2n) is 9.22. The molecule has 0 amide bonds. The Morgan fingerprint density at radius 1 is 0.853 bits per heavy atom. The maximum Gasteiger partial charge on any atom is 0.261 e. The molecule has 6 heteroatoms. The van der Waals surface area contributed by atoms with Crippen LogP contribution >= 0.6 is 0 Å². The molecule has 1 aromatic heterocycles. The van der Waals surface area contributed by atoms with Crippen molar-refractivity contribution in [3.8, 4) is 0 Å². The second-order valence-corrected chi connectivity index (χ2v) is 9.22. The highest BCUT2D eigenvalue weighted by molar-refractivity contribution is 6.06. The summed E-state index contributed by atoms with van der Waals surface area (Å²) in [5.41, 5.74) is 4.46. The Bertz CT molecular complexity index is 1370. The van der Waals surface area contributed by atoms with Crippen LogP contribution in [0.15, 0.2) is 65.7 Å². The summed E-state index contributed by atoms with van der Waals surface area (Å²) in [7, 11) is 0. The number of rotatable bonds is 4. The van der Waals surface area contributed by atoms with E-state index in [-0.39, 0.29) is 11.6 Å². The summed E-state index contributed by atoms with van der Waals surface area (Å²) < 4.78 is 12.8. The first-order valence-corrected chi connectivity index (χ1v) is 12.2. The summed E-state index contributed by atoms with van der Waals surface area (Å²) in [5, 5.41) is 2.90. The molecule has 2 saturated heterocycles. The molecule has 0 N–H and O–H groups in total. The third kappa shape index (κ3) is 3.97. The molecule has 3 aromatic carbocycles. The van der Waals surface area contributed by atoms with Gasteiger partial charge in [-0.3, -0.25) is 9.36 Å². The molecule has 0 aliphatic carbocycles. The summed E-state index contributed by atoms with van der Waals surface area (Å²) in [5.74, 6) is 0. The van der Waals surface area contributed by atoms with Crippen molar-refractivity contribution < 1.29 is 9.47 Å². The number of fused-ring (bicyclic) bond motifs is 3. The zero-order chi connectivity index (χ0) is 22.9. The van der Waals surface area contributed by atoms with Gasteiger partial charge in [-0.15, -0.1) is 0 Å². The molecule has 4 aromatic rings. The van der Waals surface area contributed by atoms with Crippen molar-refractivity contribution in [2.75, 3.05) is 44.4 Å². The average Bonchev–Trinajstić information content (AvgIpc) is 2.91. The fourth-order valence-electron chi connectivity index (χ4n) is 5.28. The van der Waals surface area contributed by atoms with Crippen LogP contribution in [0.4, 0.5) is 5.69 Å². The predicted octanol–water partition coefficient (Wildman–Crippen LogP) is 4.33. The maximum absolute atomic E-state index is 13.6. The van der Waals surface area contributed by atoms with Gasteiger partial charge in [-0.05, 0) is 54.0 Å². The van der Waals surface area contributed by atoms with Crippen molar-refractivity contribution >= 4 is 27.4 Å². The Kier molecular flexibility index (Phi) is 5.77. The molecule has 6 rings (SSSR count). The van der Waals surface area contributed by atoms with E-state index in [4.69, 9.17) is 14.5 Å². The van der Waals surface area contributed by atoms with E-state index in [9.17, 15) is 4.79 Å². The molecule has 0 saturated carbocycles. The van der Waals surface area contributed by atoms with Crippen LogP contribution in [0, 0.1) is 0 Å². The first kappa shape index (κ1) is 21.3. The van der Waals surface area contributed by atoms with Gasteiger partial charge in [-0.25, -0.2) is 4.98 Å². The van der Waals surface area contributed by atoms with Crippen LogP contribution in [-0.2, 0) is 15.9 Å². The first-order chi connectivity index (χ1) is 16.8. The number of anilines is 1. The number of ether oxygens (including phenoxy) is 2. The highest BCUT2D eigenvalue weighted by Crippen LogP contribution is 2.29. The zero-order valence-electron chi connectivity index (χ0n) is 19.3. The third-order valence-corrected chi connectivity index (χ3v) is 7.17. The SMILES string of the molecule is O=c1c2cc(Cc3ccc(N4CCOCC4)cc3)c3ccccc3c2ncn1C1CCOCC1.